The first-order chi connectivity index (χ1) is 9.06. The molecule has 2 rings (SSSR count). The second kappa shape index (κ2) is 5.80. The van der Waals surface area contributed by atoms with Gasteiger partial charge in [0.2, 0.25) is 0 Å². The monoisotopic (exact) mass is 278 g/mol. The molecule has 2 nitrogen and oxygen atoms in total. The molecule has 1 N–H and O–H groups in total. The normalized spacial score (nSPS) is 12.7. The number of nitrogens with zero attached hydrogens (tertiary/aromatic N) is 1. The molecule has 0 spiro atoms. The lowest BCUT2D eigenvalue weighted by atomic mass is 10.0. The largest absolute Gasteiger partial charge is 0.307 e. The zero-order valence-electron chi connectivity index (χ0n) is 11.7. The van der Waals surface area contributed by atoms with Gasteiger partial charge in [-0.3, -0.25) is 0 Å². The molecule has 0 aliphatic carbocycles. The zero-order valence-corrected chi connectivity index (χ0v) is 12.6. The van der Waals surface area contributed by atoms with Crippen molar-refractivity contribution in [2.75, 3.05) is 7.05 Å². The minimum absolute atomic E-state index is 0.0308. The van der Waals surface area contributed by atoms with Crippen LogP contribution < -0.4 is 5.32 Å². The molecule has 1 aromatic heterocycles. The van der Waals surface area contributed by atoms with Crippen molar-refractivity contribution in [2.24, 2.45) is 0 Å². The van der Waals surface area contributed by atoms with Crippen molar-refractivity contribution in [1.29, 1.82) is 0 Å². The summed E-state index contributed by atoms with van der Waals surface area (Å²) in [6.07, 6.45) is 0.946. The van der Waals surface area contributed by atoms with Crippen LogP contribution in [0.15, 0.2) is 18.2 Å². The average molecular weight is 278 g/mol. The number of aromatic nitrogens is 1. The molecule has 0 aliphatic rings. The van der Waals surface area contributed by atoms with Gasteiger partial charge in [0.25, 0.3) is 0 Å². The van der Waals surface area contributed by atoms with Gasteiger partial charge >= 0.3 is 0 Å². The van der Waals surface area contributed by atoms with Crippen LogP contribution >= 0.6 is 11.3 Å². The number of hydrogen-bond acceptors (Lipinski definition) is 3. The minimum Gasteiger partial charge on any atom is -0.307 e. The number of thiazole rings is 1. The van der Waals surface area contributed by atoms with Gasteiger partial charge in [-0.25, -0.2) is 9.37 Å². The topological polar surface area (TPSA) is 24.9 Å². The summed E-state index contributed by atoms with van der Waals surface area (Å²) in [6.45, 7) is 6.00. The maximum absolute atomic E-state index is 13.4. The van der Waals surface area contributed by atoms with Gasteiger partial charge < -0.3 is 5.32 Å². The van der Waals surface area contributed by atoms with Crippen molar-refractivity contribution in [3.05, 3.63) is 50.7 Å². The van der Waals surface area contributed by atoms with Gasteiger partial charge in [-0.15, -0.1) is 11.3 Å². The van der Waals surface area contributed by atoms with E-state index in [2.05, 4.69) is 19.2 Å². The second-order valence-corrected chi connectivity index (χ2v) is 5.87. The molecule has 1 aromatic carbocycles. The molecule has 0 bridgehead atoms. The van der Waals surface area contributed by atoms with Gasteiger partial charge in [0.1, 0.15) is 10.8 Å². The van der Waals surface area contributed by atoms with Crippen LogP contribution in [0.3, 0.4) is 0 Å². The third kappa shape index (κ3) is 2.85. The first-order valence-corrected chi connectivity index (χ1v) is 7.28. The van der Waals surface area contributed by atoms with E-state index in [1.165, 1.54) is 10.9 Å². The standard InChI is InChI=1S/C15H19FN2S/c1-5-13-10(3)19-15(18-13)14(17-4)11-6-7-12(16)9(2)8-11/h6-8,14,17H,5H2,1-4H3. The summed E-state index contributed by atoms with van der Waals surface area (Å²) in [7, 11) is 1.91. The predicted molar refractivity (Wildman–Crippen MR) is 78.3 cm³/mol. The molecule has 0 aliphatic heterocycles. The number of aryl methyl sites for hydroxylation is 3. The lowest BCUT2D eigenvalue weighted by molar-refractivity contribution is 0.613. The van der Waals surface area contributed by atoms with Crippen molar-refractivity contribution >= 4 is 11.3 Å². The molecule has 0 saturated carbocycles. The highest BCUT2D eigenvalue weighted by Crippen LogP contribution is 2.29. The first kappa shape index (κ1) is 14.2. The molecule has 1 atom stereocenters. The Morgan fingerprint density at radius 2 is 2.11 bits per heavy atom. The molecule has 19 heavy (non-hydrogen) atoms. The second-order valence-electron chi connectivity index (χ2n) is 4.64. The Balaban J connectivity index is 2.40. The third-order valence-electron chi connectivity index (χ3n) is 3.30. The molecule has 102 valence electrons. The zero-order chi connectivity index (χ0) is 14.0. The number of benzene rings is 1. The van der Waals surface area contributed by atoms with Crippen molar-refractivity contribution in [3.63, 3.8) is 0 Å². The summed E-state index contributed by atoms with van der Waals surface area (Å²) in [5.74, 6) is -0.164. The van der Waals surface area contributed by atoms with Crippen molar-refractivity contribution in [3.8, 4) is 0 Å². The SMILES string of the molecule is CCc1nc(C(NC)c2ccc(F)c(C)c2)sc1C. The van der Waals surface area contributed by atoms with E-state index >= 15 is 0 Å². The van der Waals surface area contributed by atoms with Gasteiger partial charge in [-0.2, -0.15) is 0 Å². The van der Waals surface area contributed by atoms with E-state index < -0.39 is 0 Å². The van der Waals surface area contributed by atoms with Crippen LogP contribution in [0.25, 0.3) is 0 Å². The van der Waals surface area contributed by atoms with Crippen LogP contribution in [0.1, 0.15) is 39.7 Å². The molecule has 0 amide bonds. The van der Waals surface area contributed by atoms with E-state index in [-0.39, 0.29) is 11.9 Å². The summed E-state index contributed by atoms with van der Waals surface area (Å²) in [6, 6.07) is 5.27. The van der Waals surface area contributed by atoms with E-state index in [9.17, 15) is 4.39 Å². The van der Waals surface area contributed by atoms with Crippen LogP contribution in [0.5, 0.6) is 0 Å². The number of hydrogen-bond donors (Lipinski definition) is 1. The van der Waals surface area contributed by atoms with Gasteiger partial charge in [0, 0.05) is 4.88 Å². The highest BCUT2D eigenvalue weighted by atomic mass is 32.1. The van der Waals surface area contributed by atoms with Gasteiger partial charge in [-0.05, 0) is 44.5 Å². The third-order valence-corrected chi connectivity index (χ3v) is 4.37. The van der Waals surface area contributed by atoms with Gasteiger partial charge in [-0.1, -0.05) is 19.1 Å². The van der Waals surface area contributed by atoms with Crippen LogP contribution in [-0.2, 0) is 6.42 Å². The number of rotatable bonds is 4. The average Bonchev–Trinajstić information content (AvgIpc) is 2.75. The number of nitrogens with one attached hydrogen (secondary N) is 1. The Hall–Kier alpha value is -1.26. The maximum Gasteiger partial charge on any atom is 0.126 e. The maximum atomic E-state index is 13.4. The Bertz CT molecular complexity index is 578. The predicted octanol–water partition coefficient (Wildman–Crippen LogP) is 3.77. The van der Waals surface area contributed by atoms with E-state index in [1.807, 2.05) is 19.2 Å². The van der Waals surface area contributed by atoms with E-state index in [0.29, 0.717) is 5.56 Å². The summed E-state index contributed by atoms with van der Waals surface area (Å²) in [5, 5.41) is 4.32. The van der Waals surface area contributed by atoms with Crippen LogP contribution in [-0.4, -0.2) is 12.0 Å². The fraction of sp³-hybridized carbons (Fsp3) is 0.400. The molecule has 1 unspecified atom stereocenters. The Labute approximate surface area is 117 Å². The molecule has 0 radical (unpaired) electrons. The lowest BCUT2D eigenvalue weighted by Crippen LogP contribution is -2.17. The molecule has 0 fully saturated rings. The first-order valence-electron chi connectivity index (χ1n) is 6.46. The van der Waals surface area contributed by atoms with E-state index in [0.717, 1.165) is 22.7 Å². The summed E-state index contributed by atoms with van der Waals surface area (Å²) < 4.78 is 13.4. The minimum atomic E-state index is -0.164. The fourth-order valence-corrected chi connectivity index (χ4v) is 3.33. The van der Waals surface area contributed by atoms with E-state index in [4.69, 9.17) is 4.98 Å². The fourth-order valence-electron chi connectivity index (χ4n) is 2.18. The van der Waals surface area contributed by atoms with E-state index in [1.54, 1.807) is 18.3 Å². The van der Waals surface area contributed by atoms with Crippen LogP contribution in [0.4, 0.5) is 4.39 Å². The quantitative estimate of drug-likeness (QED) is 0.921. The van der Waals surface area contributed by atoms with Crippen molar-refractivity contribution in [2.45, 2.75) is 33.2 Å². The summed E-state index contributed by atoms with van der Waals surface area (Å²) in [4.78, 5) is 5.95. The lowest BCUT2D eigenvalue weighted by Gasteiger charge is -2.14. The van der Waals surface area contributed by atoms with Gasteiger partial charge in [0.05, 0.1) is 11.7 Å². The van der Waals surface area contributed by atoms with Gasteiger partial charge in [0.15, 0.2) is 0 Å². The van der Waals surface area contributed by atoms with Crippen molar-refractivity contribution in [1.82, 2.24) is 10.3 Å². The highest BCUT2D eigenvalue weighted by Gasteiger charge is 2.18. The van der Waals surface area contributed by atoms with Crippen LogP contribution in [0.2, 0.25) is 0 Å². The molecule has 0 saturated heterocycles. The molecular formula is C15H19FN2S. The Morgan fingerprint density at radius 3 is 2.63 bits per heavy atom. The highest BCUT2D eigenvalue weighted by molar-refractivity contribution is 7.11. The smallest absolute Gasteiger partial charge is 0.126 e. The number of halogens is 1. The van der Waals surface area contributed by atoms with Crippen molar-refractivity contribution < 1.29 is 4.39 Å². The molecule has 1 heterocycles. The Morgan fingerprint density at radius 1 is 1.37 bits per heavy atom. The Kier molecular flexibility index (Phi) is 4.32. The summed E-state index contributed by atoms with van der Waals surface area (Å²) in [5.41, 5.74) is 2.87. The molecule has 2 aromatic rings. The van der Waals surface area contributed by atoms with Crippen LogP contribution in [0, 0.1) is 19.7 Å². The summed E-state index contributed by atoms with van der Waals surface area (Å²) >= 11 is 1.71. The molecule has 4 heteroatoms. The molecular weight excluding hydrogens is 259 g/mol.